The van der Waals surface area contributed by atoms with Gasteiger partial charge >= 0.3 is 0 Å². The minimum Gasteiger partial charge on any atom is -0.379 e. The Labute approximate surface area is 91.4 Å². The molecule has 0 aromatic heterocycles. The summed E-state index contributed by atoms with van der Waals surface area (Å²) in [6.45, 7) is 1.08. The Bertz CT molecular complexity index is 226. The van der Waals surface area contributed by atoms with Gasteiger partial charge in [-0.3, -0.25) is 4.79 Å². The van der Waals surface area contributed by atoms with Gasteiger partial charge in [-0.2, -0.15) is 0 Å². The molecule has 1 atom stereocenters. The first kappa shape index (κ1) is 11.1. The van der Waals surface area contributed by atoms with Crippen LogP contribution < -0.4 is 5.73 Å². The highest BCUT2D eigenvalue weighted by molar-refractivity contribution is 5.90. The zero-order chi connectivity index (χ0) is 10.7. The van der Waals surface area contributed by atoms with E-state index in [1.165, 1.54) is 25.7 Å². The van der Waals surface area contributed by atoms with Crippen LogP contribution in [0.15, 0.2) is 0 Å². The van der Waals surface area contributed by atoms with E-state index in [1.54, 1.807) is 0 Å². The molecule has 1 unspecified atom stereocenters. The molecule has 0 spiro atoms. The third kappa shape index (κ3) is 2.40. The van der Waals surface area contributed by atoms with Crippen molar-refractivity contribution in [1.29, 1.82) is 0 Å². The molecule has 86 valence electrons. The van der Waals surface area contributed by atoms with Gasteiger partial charge in [0, 0.05) is 12.5 Å². The maximum Gasteiger partial charge on any atom is 0.158 e. The summed E-state index contributed by atoms with van der Waals surface area (Å²) >= 11 is 0. The van der Waals surface area contributed by atoms with Gasteiger partial charge in [0.05, 0.1) is 6.61 Å². The molecule has 3 heteroatoms. The molecular formula is C12H21NO2. The molecule has 2 fully saturated rings. The lowest BCUT2D eigenvalue weighted by Gasteiger charge is -2.25. The lowest BCUT2D eigenvalue weighted by molar-refractivity contribution is -0.128. The molecule has 2 rings (SSSR count). The predicted octanol–water partition coefficient (Wildman–Crippen LogP) is 1.64. The Morgan fingerprint density at radius 3 is 2.40 bits per heavy atom. The zero-order valence-electron chi connectivity index (χ0n) is 9.34. The molecule has 0 radical (unpaired) electrons. The minimum atomic E-state index is -0.658. The van der Waals surface area contributed by atoms with Crippen molar-refractivity contribution >= 4 is 5.78 Å². The SMILES string of the molecule is NC1(C(=O)C2CCCCCC2)CCOC1. The van der Waals surface area contributed by atoms with Crippen LogP contribution in [0, 0.1) is 5.92 Å². The number of hydrogen-bond acceptors (Lipinski definition) is 3. The monoisotopic (exact) mass is 211 g/mol. The maximum atomic E-state index is 12.3. The predicted molar refractivity (Wildman–Crippen MR) is 58.6 cm³/mol. The number of Topliss-reactive ketones (excluding diaryl/α,β-unsaturated/α-hetero) is 1. The molecule has 0 aromatic carbocycles. The van der Waals surface area contributed by atoms with Gasteiger partial charge in [-0.15, -0.1) is 0 Å². The van der Waals surface area contributed by atoms with Gasteiger partial charge in [-0.25, -0.2) is 0 Å². The summed E-state index contributed by atoms with van der Waals surface area (Å²) in [4.78, 5) is 12.3. The molecule has 0 bridgehead atoms. The van der Waals surface area contributed by atoms with E-state index in [0.717, 1.165) is 12.8 Å². The summed E-state index contributed by atoms with van der Waals surface area (Å²) < 4.78 is 5.26. The van der Waals surface area contributed by atoms with E-state index in [9.17, 15) is 4.79 Å². The Kier molecular flexibility index (Phi) is 3.42. The van der Waals surface area contributed by atoms with Gasteiger partial charge in [0.2, 0.25) is 0 Å². The molecule has 15 heavy (non-hydrogen) atoms. The van der Waals surface area contributed by atoms with E-state index in [4.69, 9.17) is 10.5 Å². The highest BCUT2D eigenvalue weighted by Gasteiger charge is 2.41. The third-order valence-corrected chi connectivity index (χ3v) is 3.77. The average Bonchev–Trinajstić information content (AvgIpc) is 2.54. The van der Waals surface area contributed by atoms with Crippen molar-refractivity contribution in [1.82, 2.24) is 0 Å². The molecule has 2 aliphatic rings. The van der Waals surface area contributed by atoms with Crippen LogP contribution >= 0.6 is 0 Å². The number of carbonyl (C=O) groups excluding carboxylic acids is 1. The first-order chi connectivity index (χ1) is 7.22. The van der Waals surface area contributed by atoms with Gasteiger partial charge in [0.15, 0.2) is 5.78 Å². The first-order valence-electron chi connectivity index (χ1n) is 6.13. The van der Waals surface area contributed by atoms with Gasteiger partial charge in [-0.1, -0.05) is 25.7 Å². The van der Waals surface area contributed by atoms with Crippen molar-refractivity contribution < 1.29 is 9.53 Å². The van der Waals surface area contributed by atoms with Crippen molar-refractivity contribution in [2.75, 3.05) is 13.2 Å². The van der Waals surface area contributed by atoms with E-state index in [-0.39, 0.29) is 11.7 Å². The average molecular weight is 211 g/mol. The first-order valence-corrected chi connectivity index (χ1v) is 6.13. The number of hydrogen-bond donors (Lipinski definition) is 1. The molecule has 1 saturated heterocycles. The Balaban J connectivity index is 1.98. The zero-order valence-corrected chi connectivity index (χ0v) is 9.34. The molecular weight excluding hydrogens is 190 g/mol. The van der Waals surface area contributed by atoms with Gasteiger partial charge in [-0.05, 0) is 19.3 Å². The van der Waals surface area contributed by atoms with Crippen molar-refractivity contribution in [3.05, 3.63) is 0 Å². The fraction of sp³-hybridized carbons (Fsp3) is 0.917. The molecule has 0 amide bonds. The Hall–Kier alpha value is -0.410. The van der Waals surface area contributed by atoms with Crippen LogP contribution in [-0.4, -0.2) is 24.5 Å². The molecule has 0 aromatic rings. The maximum absolute atomic E-state index is 12.3. The second-order valence-corrected chi connectivity index (χ2v) is 5.01. The summed E-state index contributed by atoms with van der Waals surface area (Å²) in [7, 11) is 0. The standard InChI is InChI=1S/C12H21NO2/c13-12(7-8-15-9-12)11(14)10-5-3-1-2-4-6-10/h10H,1-9,13H2. The van der Waals surface area contributed by atoms with Crippen LogP contribution in [0.1, 0.15) is 44.9 Å². The fourth-order valence-corrected chi connectivity index (χ4v) is 2.72. The number of rotatable bonds is 2. The summed E-state index contributed by atoms with van der Waals surface area (Å²) in [5, 5.41) is 0. The lowest BCUT2D eigenvalue weighted by Crippen LogP contribution is -2.51. The normalized spacial score (nSPS) is 33.9. The largest absolute Gasteiger partial charge is 0.379 e. The second kappa shape index (κ2) is 4.62. The Morgan fingerprint density at radius 1 is 1.20 bits per heavy atom. The lowest BCUT2D eigenvalue weighted by atomic mass is 9.82. The highest BCUT2D eigenvalue weighted by Crippen LogP contribution is 2.29. The molecule has 1 aliphatic heterocycles. The van der Waals surface area contributed by atoms with Gasteiger partial charge < -0.3 is 10.5 Å². The van der Waals surface area contributed by atoms with E-state index in [1.807, 2.05) is 0 Å². The Morgan fingerprint density at radius 2 is 1.87 bits per heavy atom. The second-order valence-electron chi connectivity index (χ2n) is 5.01. The summed E-state index contributed by atoms with van der Waals surface area (Å²) in [6.07, 6.45) is 7.72. The number of carbonyl (C=O) groups is 1. The van der Waals surface area contributed by atoms with E-state index in [2.05, 4.69) is 0 Å². The van der Waals surface area contributed by atoms with Crippen molar-refractivity contribution in [2.45, 2.75) is 50.5 Å². The summed E-state index contributed by atoms with van der Waals surface area (Å²) in [5.74, 6) is 0.473. The number of ether oxygens (including phenoxy) is 1. The highest BCUT2D eigenvalue weighted by atomic mass is 16.5. The van der Waals surface area contributed by atoms with Crippen LogP contribution in [0.2, 0.25) is 0 Å². The van der Waals surface area contributed by atoms with Crippen LogP contribution in [0.5, 0.6) is 0 Å². The van der Waals surface area contributed by atoms with Crippen molar-refractivity contribution in [2.24, 2.45) is 11.7 Å². The number of nitrogens with two attached hydrogens (primary N) is 1. The smallest absolute Gasteiger partial charge is 0.158 e. The van der Waals surface area contributed by atoms with E-state index >= 15 is 0 Å². The van der Waals surface area contributed by atoms with Gasteiger partial charge in [0.25, 0.3) is 0 Å². The van der Waals surface area contributed by atoms with Crippen LogP contribution in [0.4, 0.5) is 0 Å². The summed E-state index contributed by atoms with van der Waals surface area (Å²) in [6, 6.07) is 0. The molecule has 1 heterocycles. The topological polar surface area (TPSA) is 52.3 Å². The molecule has 1 saturated carbocycles. The summed E-state index contributed by atoms with van der Waals surface area (Å²) in [5.41, 5.74) is 5.45. The quantitative estimate of drug-likeness (QED) is 0.706. The minimum absolute atomic E-state index is 0.208. The van der Waals surface area contributed by atoms with Crippen molar-refractivity contribution in [3.8, 4) is 0 Å². The van der Waals surface area contributed by atoms with Crippen LogP contribution in [0.3, 0.4) is 0 Å². The molecule has 2 N–H and O–H groups in total. The van der Waals surface area contributed by atoms with Crippen LogP contribution in [-0.2, 0) is 9.53 Å². The van der Waals surface area contributed by atoms with E-state index in [0.29, 0.717) is 19.6 Å². The molecule has 1 aliphatic carbocycles. The van der Waals surface area contributed by atoms with E-state index < -0.39 is 5.54 Å². The third-order valence-electron chi connectivity index (χ3n) is 3.77. The van der Waals surface area contributed by atoms with Crippen LogP contribution in [0.25, 0.3) is 0 Å². The fourth-order valence-electron chi connectivity index (χ4n) is 2.72. The van der Waals surface area contributed by atoms with Crippen molar-refractivity contribution in [3.63, 3.8) is 0 Å². The number of ketones is 1. The van der Waals surface area contributed by atoms with Gasteiger partial charge in [0.1, 0.15) is 5.54 Å². The molecule has 3 nitrogen and oxygen atoms in total.